The second-order valence-electron chi connectivity index (χ2n) is 6.12. The van der Waals surface area contributed by atoms with Crippen molar-refractivity contribution in [3.63, 3.8) is 0 Å². The van der Waals surface area contributed by atoms with Crippen LogP contribution in [0.5, 0.6) is 0 Å². The maximum atomic E-state index is 4.30. The first-order valence-electron chi connectivity index (χ1n) is 8.42. The number of nitrogens with zero attached hydrogens (tertiary/aromatic N) is 2. The molecule has 25 heavy (non-hydrogen) atoms. The van der Waals surface area contributed by atoms with E-state index in [4.69, 9.17) is 0 Å². The van der Waals surface area contributed by atoms with Gasteiger partial charge in [0, 0.05) is 5.69 Å². The van der Waals surface area contributed by atoms with Crippen molar-refractivity contribution in [1.82, 2.24) is 9.55 Å². The van der Waals surface area contributed by atoms with E-state index in [1.54, 1.807) is 0 Å². The van der Waals surface area contributed by atoms with Gasteiger partial charge in [-0.25, -0.2) is 4.98 Å². The lowest BCUT2D eigenvalue weighted by Gasteiger charge is -2.38. The quantitative estimate of drug-likeness (QED) is 0.492. The molecule has 121 valence electrons. The van der Waals surface area contributed by atoms with Gasteiger partial charge in [-0.15, -0.1) is 0 Å². The summed E-state index contributed by atoms with van der Waals surface area (Å²) in [5, 5.41) is 0. The van der Waals surface area contributed by atoms with E-state index in [2.05, 4.69) is 114 Å². The monoisotopic (exact) mass is 323 g/mol. The molecule has 0 saturated heterocycles. The van der Waals surface area contributed by atoms with Crippen LogP contribution >= 0.6 is 0 Å². The van der Waals surface area contributed by atoms with Gasteiger partial charge in [-0.1, -0.05) is 91.0 Å². The topological polar surface area (TPSA) is 17.8 Å². The molecule has 0 N–H and O–H groups in total. The van der Waals surface area contributed by atoms with E-state index in [0.717, 1.165) is 5.69 Å². The average molecular weight is 323 g/mol. The maximum absolute atomic E-state index is 4.30. The second-order valence-corrected chi connectivity index (χ2v) is 6.12. The Bertz CT molecular complexity index is 844. The van der Waals surface area contributed by atoms with Crippen LogP contribution in [-0.2, 0) is 5.54 Å². The highest BCUT2D eigenvalue weighted by Gasteiger charge is 2.38. The molecule has 2 heteroatoms. The zero-order chi connectivity index (χ0) is 17.1. The summed E-state index contributed by atoms with van der Waals surface area (Å²) in [5.41, 5.74) is 4.10. The van der Waals surface area contributed by atoms with Gasteiger partial charge >= 0.3 is 0 Å². The molecule has 0 saturated carbocycles. The van der Waals surface area contributed by atoms with Gasteiger partial charge < -0.3 is 4.57 Å². The Kier molecular flexibility index (Phi) is 3.95. The van der Waals surface area contributed by atoms with Gasteiger partial charge in [-0.05, 0) is 23.6 Å². The molecule has 0 fully saturated rings. The minimum atomic E-state index is -0.485. The lowest BCUT2D eigenvalue weighted by molar-refractivity contribution is 0.503. The molecule has 0 unspecified atom stereocenters. The van der Waals surface area contributed by atoms with Crippen LogP contribution in [0.1, 0.15) is 22.4 Å². The third-order valence-corrected chi connectivity index (χ3v) is 4.70. The summed E-state index contributed by atoms with van der Waals surface area (Å²) < 4.78 is 2.22. The van der Waals surface area contributed by atoms with Crippen LogP contribution < -0.4 is 0 Å². The van der Waals surface area contributed by atoms with Crippen LogP contribution in [0.2, 0.25) is 0 Å². The predicted molar refractivity (Wildman–Crippen MR) is 100 cm³/mol. The molecule has 2 nitrogen and oxygen atoms in total. The third-order valence-electron chi connectivity index (χ3n) is 4.70. The number of aryl methyl sites for hydroxylation is 1. The van der Waals surface area contributed by atoms with E-state index in [1.807, 2.05) is 6.33 Å². The number of hydrogen-bond donors (Lipinski definition) is 0. The first-order chi connectivity index (χ1) is 12.3. The Balaban J connectivity index is 2.15. The summed E-state index contributed by atoms with van der Waals surface area (Å²) in [4.78, 5) is 4.30. The Morgan fingerprint density at radius 1 is 0.680 bits per heavy atom. The van der Waals surface area contributed by atoms with E-state index in [0.29, 0.717) is 0 Å². The van der Waals surface area contributed by atoms with Crippen molar-refractivity contribution in [2.24, 2.45) is 0 Å². The fourth-order valence-electron chi connectivity index (χ4n) is 3.61. The summed E-state index contributed by atoms with van der Waals surface area (Å²) in [6, 6.07) is 31.8. The van der Waals surface area contributed by atoms with E-state index in [-0.39, 0.29) is 0 Å². The van der Waals surface area contributed by atoms with E-state index >= 15 is 0 Å². The van der Waals surface area contributed by atoms with Crippen LogP contribution in [0.15, 0.2) is 97.3 Å². The van der Waals surface area contributed by atoms with Gasteiger partial charge in [-0.3, -0.25) is 0 Å². The summed E-state index contributed by atoms with van der Waals surface area (Å²) >= 11 is 0. The highest BCUT2D eigenvalue weighted by Crippen LogP contribution is 2.41. The van der Waals surface area contributed by atoms with Crippen molar-refractivity contribution in [1.29, 1.82) is 0 Å². The molecule has 1 radical (unpaired) electrons. The van der Waals surface area contributed by atoms with Gasteiger partial charge in [0.05, 0.1) is 6.33 Å². The van der Waals surface area contributed by atoms with E-state index in [1.165, 1.54) is 16.7 Å². The van der Waals surface area contributed by atoms with Crippen molar-refractivity contribution in [2.75, 3.05) is 0 Å². The summed E-state index contributed by atoms with van der Waals surface area (Å²) in [6.07, 6.45) is 4.97. The van der Waals surface area contributed by atoms with Gasteiger partial charge in [0.25, 0.3) is 0 Å². The summed E-state index contributed by atoms with van der Waals surface area (Å²) in [7, 11) is 0. The molecular formula is C23H19N2. The fourth-order valence-corrected chi connectivity index (χ4v) is 3.61. The molecule has 0 atom stereocenters. The number of imidazole rings is 1. The van der Waals surface area contributed by atoms with Crippen LogP contribution in [0.3, 0.4) is 0 Å². The molecule has 0 aliphatic heterocycles. The minimum absolute atomic E-state index is 0.485. The molecule has 0 spiro atoms. The number of benzene rings is 3. The largest absolute Gasteiger partial charge is 0.316 e. The molecule has 4 rings (SSSR count). The molecule has 0 aliphatic rings. The van der Waals surface area contributed by atoms with Crippen LogP contribution in [0, 0.1) is 13.1 Å². The SMILES string of the molecule is Cc1[c]ncn1C(c1ccccc1)(c1ccccc1)c1ccccc1. The average Bonchev–Trinajstić information content (AvgIpc) is 3.12. The van der Waals surface area contributed by atoms with Crippen molar-refractivity contribution in [2.45, 2.75) is 12.5 Å². The molecule has 0 amide bonds. The Morgan fingerprint density at radius 3 is 1.40 bits per heavy atom. The summed E-state index contributed by atoms with van der Waals surface area (Å²) in [6.45, 7) is 2.05. The molecule has 4 aromatic rings. The fraction of sp³-hybridized carbons (Fsp3) is 0.0870. The lowest BCUT2D eigenvalue weighted by Crippen LogP contribution is -2.38. The maximum Gasteiger partial charge on any atom is 0.121 e. The van der Waals surface area contributed by atoms with E-state index < -0.39 is 5.54 Å². The van der Waals surface area contributed by atoms with Crippen LogP contribution in [0.4, 0.5) is 0 Å². The molecule has 1 heterocycles. The predicted octanol–water partition coefficient (Wildman–Crippen LogP) is 4.83. The highest BCUT2D eigenvalue weighted by atomic mass is 15.1. The van der Waals surface area contributed by atoms with Crippen molar-refractivity contribution < 1.29 is 0 Å². The van der Waals surface area contributed by atoms with Crippen molar-refractivity contribution in [3.05, 3.63) is 126 Å². The second kappa shape index (κ2) is 6.40. The normalized spacial score (nSPS) is 11.4. The van der Waals surface area contributed by atoms with Crippen LogP contribution in [-0.4, -0.2) is 9.55 Å². The van der Waals surface area contributed by atoms with Gasteiger partial charge in [-0.2, -0.15) is 0 Å². The molecule has 1 aromatic heterocycles. The molecule has 0 bridgehead atoms. The third kappa shape index (κ3) is 2.47. The van der Waals surface area contributed by atoms with Gasteiger partial charge in [0.2, 0.25) is 0 Å². The van der Waals surface area contributed by atoms with Crippen molar-refractivity contribution in [3.8, 4) is 0 Å². The Labute approximate surface area is 148 Å². The Morgan fingerprint density at radius 2 is 1.08 bits per heavy atom. The van der Waals surface area contributed by atoms with Gasteiger partial charge in [0.1, 0.15) is 11.7 Å². The molecule has 0 aliphatic carbocycles. The first kappa shape index (κ1) is 15.4. The smallest absolute Gasteiger partial charge is 0.121 e. The summed E-state index contributed by atoms with van der Waals surface area (Å²) in [5.74, 6) is 0. The number of aromatic nitrogens is 2. The van der Waals surface area contributed by atoms with E-state index in [9.17, 15) is 0 Å². The minimum Gasteiger partial charge on any atom is -0.316 e. The number of hydrogen-bond acceptors (Lipinski definition) is 1. The first-order valence-corrected chi connectivity index (χ1v) is 8.42. The zero-order valence-electron chi connectivity index (χ0n) is 14.1. The highest BCUT2D eigenvalue weighted by molar-refractivity contribution is 5.51. The van der Waals surface area contributed by atoms with Gasteiger partial charge in [0.15, 0.2) is 0 Å². The van der Waals surface area contributed by atoms with Crippen LogP contribution in [0.25, 0.3) is 0 Å². The standard InChI is InChI=1S/C23H19N2/c1-19-17-24-18-25(19)23(20-11-5-2-6-12-20,21-13-7-3-8-14-21)22-15-9-4-10-16-22/h2-16,18H,1H3. The zero-order valence-corrected chi connectivity index (χ0v) is 14.1. The lowest BCUT2D eigenvalue weighted by atomic mass is 9.76. The van der Waals surface area contributed by atoms with Crippen molar-refractivity contribution >= 4 is 0 Å². The number of rotatable bonds is 4. The molecular weight excluding hydrogens is 304 g/mol. The molecule has 3 aromatic carbocycles. The Hall–Kier alpha value is -3.13.